The van der Waals surface area contributed by atoms with Crippen molar-refractivity contribution in [3.63, 3.8) is 0 Å². The van der Waals surface area contributed by atoms with Gasteiger partial charge in [0.25, 0.3) is 16.7 Å². The summed E-state index contributed by atoms with van der Waals surface area (Å²) in [7, 11) is 1.42. The summed E-state index contributed by atoms with van der Waals surface area (Å²) in [6.45, 7) is 16.4. The van der Waals surface area contributed by atoms with Crippen LogP contribution >= 0.6 is 0 Å². The number of likely N-dealkylation sites (N-methyl/N-ethyl adjacent to an activating group) is 1. The number of carbonyl (C=O) groups is 3. The molecule has 12 bridgehead atoms. The lowest BCUT2D eigenvalue weighted by Gasteiger charge is -2.56. The summed E-state index contributed by atoms with van der Waals surface area (Å²) >= 11 is 0. The third-order valence-corrected chi connectivity index (χ3v) is 32.3. The van der Waals surface area contributed by atoms with E-state index >= 15 is 0 Å². The number of para-hydroxylation sites is 6. The Morgan fingerprint density at radius 2 is 0.683 bits per heavy atom. The smallest absolute Gasteiger partial charge is 0.303 e. The van der Waals surface area contributed by atoms with Crippen LogP contribution in [-0.4, -0.2) is 193 Å². The molecule has 684 valence electrons. The molecule has 21 atom stereocenters. The van der Waals surface area contributed by atoms with Crippen molar-refractivity contribution in [1.29, 1.82) is 0 Å². The number of fused-ring (bicyclic) bond motifs is 15. The van der Waals surface area contributed by atoms with Crippen LogP contribution < -0.4 is 16.7 Å². The van der Waals surface area contributed by atoms with E-state index in [1.807, 2.05) is 93.4 Å². The molecule has 3 aromatic heterocycles. The van der Waals surface area contributed by atoms with Crippen LogP contribution in [-0.2, 0) is 28.9 Å². The van der Waals surface area contributed by atoms with E-state index in [2.05, 4.69) is 74.7 Å². The predicted molar refractivity (Wildman–Crippen MR) is 494 cm³/mol. The molecule has 6 saturated carbocycles. The maximum absolute atomic E-state index is 14.5. The quantitative estimate of drug-likeness (QED) is 0.0223. The van der Waals surface area contributed by atoms with Crippen LogP contribution in [0, 0.1) is 53.3 Å². The Morgan fingerprint density at radius 1 is 0.381 bits per heavy atom. The molecule has 6 aromatic rings. The second-order valence-electron chi connectivity index (χ2n) is 40.4. The van der Waals surface area contributed by atoms with Crippen molar-refractivity contribution in [3.8, 4) is 0 Å². The summed E-state index contributed by atoms with van der Waals surface area (Å²) in [5.41, 5.74) is 5.79. The standard InChI is InChI=1S/C36H53N5O4.C33H46N4O4.C32H44N4O4/c1-4-39(5-2)15-16-45-38-32(13-14-34(42)43)35-36(44)41(33-12-7-6-11-31(33)37-35)30-22-27-9-8-10-28(23-30)40(27)29-20-25-17-24(3)18-26(19-25)21-29;1-3-21-14-22-16-23(15-21)18-26(17-22)36-24-8-7-9-25(36)20-27(19-24)37-30-11-6-5-10-28(30)34-32(33(37)40)29(35-41-4-2)12-13-31(38)39;1-3-20-13-21-15-22(14-20)17-25(16-21)35-23-7-6-8-24(35)19-26(18-23)36-29-10-5-4-9-27(29)33-31(32(36)39)28(34-40-2)11-12-30(37)38/h6-7,11-12,24-30H,4-5,8-10,13-23H2,1-3H3,(H,42,43);5-6,10-11,21-27H,3-4,7-9,12-20H2,1-2H3,(H,38,39);4-5,9-10,20-26H,3,6-8,11-19H2,1-2H3,(H,37,38)/b38-32+;35-29+;34-28+/t24?,25-,26+,27-,28+,29?,30?;21?,22-,23+,24-,25+,26?,27?;20?,21-,22+,23-,24+,25?,26?. The minimum Gasteiger partial charge on any atom is -0.481 e. The number of aromatic nitrogens is 6. The highest BCUT2D eigenvalue weighted by Crippen LogP contribution is 2.54. The molecule has 12 fully saturated rings. The van der Waals surface area contributed by atoms with E-state index in [1.54, 1.807) is 0 Å². The number of benzene rings is 3. The largest absolute Gasteiger partial charge is 0.481 e. The molecule has 126 heavy (non-hydrogen) atoms. The molecule has 25 nitrogen and oxygen atoms in total. The topological polar surface area (TPSA) is 294 Å². The van der Waals surface area contributed by atoms with Crippen LogP contribution in [0.25, 0.3) is 33.1 Å². The number of rotatable bonds is 29. The Bertz CT molecular complexity index is 4970. The molecular formula is C101H143N13O12. The minimum absolute atomic E-state index is 0.0723. The molecule has 9 heterocycles. The van der Waals surface area contributed by atoms with Gasteiger partial charge in [0.15, 0.2) is 17.1 Å². The number of oxime groups is 3. The third-order valence-electron chi connectivity index (χ3n) is 32.3. The van der Waals surface area contributed by atoms with Gasteiger partial charge in [0.2, 0.25) is 0 Å². The first-order valence-corrected chi connectivity index (χ1v) is 49.5. The Hall–Kier alpha value is -8.26. The van der Waals surface area contributed by atoms with Gasteiger partial charge in [0.05, 0.1) is 52.4 Å². The van der Waals surface area contributed by atoms with Gasteiger partial charge in [-0.25, -0.2) is 15.0 Å². The van der Waals surface area contributed by atoms with Crippen LogP contribution in [0.1, 0.15) is 321 Å². The second kappa shape index (κ2) is 41.7. The van der Waals surface area contributed by atoms with Gasteiger partial charge >= 0.3 is 17.9 Å². The summed E-state index contributed by atoms with van der Waals surface area (Å²) in [4.78, 5) is 118. The van der Waals surface area contributed by atoms with E-state index in [4.69, 9.17) is 24.5 Å². The van der Waals surface area contributed by atoms with E-state index < -0.39 is 17.9 Å². The van der Waals surface area contributed by atoms with Gasteiger partial charge in [-0.1, -0.05) is 119 Å². The molecule has 12 aliphatic rings. The van der Waals surface area contributed by atoms with E-state index in [1.165, 1.54) is 174 Å². The Labute approximate surface area is 744 Å². The average molecular weight is 1730 g/mol. The first-order chi connectivity index (χ1) is 61.2. The molecule has 9 unspecified atom stereocenters. The third kappa shape index (κ3) is 20.6. The zero-order valence-electron chi connectivity index (χ0n) is 76.3. The van der Waals surface area contributed by atoms with Crippen molar-refractivity contribution in [2.75, 3.05) is 40.0 Å². The molecule has 18 rings (SSSR count). The fraction of sp³-hybridized carbons (Fsp3) is 0.703. The number of hydrogen-bond donors (Lipinski definition) is 3. The molecule has 0 radical (unpaired) electrons. The first kappa shape index (κ1) is 91.1. The highest BCUT2D eigenvalue weighted by molar-refractivity contribution is 6.02. The van der Waals surface area contributed by atoms with Crippen molar-refractivity contribution in [2.45, 2.75) is 358 Å². The number of hydrogen-bond acceptors (Lipinski definition) is 19. The Morgan fingerprint density at radius 3 is 0.976 bits per heavy atom. The van der Waals surface area contributed by atoms with Crippen LogP contribution in [0.2, 0.25) is 0 Å². The highest BCUT2D eigenvalue weighted by Gasteiger charge is 2.51. The normalized spacial score (nSPS) is 31.7. The first-order valence-electron chi connectivity index (χ1n) is 49.5. The molecule has 6 aliphatic heterocycles. The number of aliphatic carboxylic acids is 3. The van der Waals surface area contributed by atoms with Crippen LogP contribution in [0.15, 0.2) is 103 Å². The predicted octanol–water partition coefficient (Wildman–Crippen LogP) is 18.0. The molecule has 25 heteroatoms. The van der Waals surface area contributed by atoms with Gasteiger partial charge in [-0.05, 0) is 283 Å². The zero-order valence-corrected chi connectivity index (χ0v) is 76.3. The van der Waals surface area contributed by atoms with Crippen LogP contribution in [0.4, 0.5) is 0 Å². The number of carboxylic acid groups (broad SMARTS) is 3. The molecule has 6 aliphatic carbocycles. The maximum atomic E-state index is 14.5. The number of nitrogens with zero attached hydrogens (tertiary/aromatic N) is 13. The van der Waals surface area contributed by atoms with Crippen LogP contribution in [0.3, 0.4) is 0 Å². The molecule has 3 aromatic carbocycles. The monoisotopic (exact) mass is 1730 g/mol. The van der Waals surface area contributed by atoms with E-state index in [9.17, 15) is 44.1 Å². The van der Waals surface area contributed by atoms with E-state index in [0.717, 1.165) is 138 Å². The summed E-state index contributed by atoms with van der Waals surface area (Å²) < 4.78 is 5.93. The summed E-state index contributed by atoms with van der Waals surface area (Å²) in [6, 6.07) is 28.8. The molecule has 6 saturated heterocycles. The Kier molecular flexibility index (Phi) is 30.1. The SMILES string of the molecule is CCC1C[C@@H]2CC(N3[C@@H]4CCC[C@H]3CC(n3c(=O)c(/C(CCC(=O)O)=N/OC)nc5ccccc53)C4)C[C@H](C1)C2.CCN(CC)CCO/N=C(\CCC(=O)O)c1nc2ccccc2n(C2C[C@H]3CCC[C@@H](C2)N3C2C[C@H]3CC(C)C[C@@H](C2)C3)c1=O.CCO/N=C(\CCC(=O)O)c1nc2ccccc2n(C2C[C@H]3CCC[C@@H](C2)N3C2C[C@H]3CC(CC)C[C@@H](C2)C3)c1=O. The fourth-order valence-electron chi connectivity index (χ4n) is 27.5. The lowest BCUT2D eigenvalue weighted by atomic mass is 9.64. The lowest BCUT2D eigenvalue weighted by molar-refractivity contribution is -0.137. The second-order valence-corrected chi connectivity index (χ2v) is 40.4. The van der Waals surface area contributed by atoms with Crippen molar-refractivity contribution >= 4 is 68.1 Å². The van der Waals surface area contributed by atoms with Crippen molar-refractivity contribution in [2.24, 2.45) is 68.7 Å². The van der Waals surface area contributed by atoms with Crippen molar-refractivity contribution < 1.29 is 44.2 Å². The van der Waals surface area contributed by atoms with Gasteiger partial charge in [-0.3, -0.25) is 43.5 Å². The fourth-order valence-corrected chi connectivity index (χ4v) is 27.5. The van der Waals surface area contributed by atoms with E-state index in [0.29, 0.717) is 91.3 Å². The maximum Gasteiger partial charge on any atom is 0.303 e. The molecule has 0 amide bonds. The van der Waals surface area contributed by atoms with E-state index in [-0.39, 0.29) is 90.4 Å². The zero-order chi connectivity index (χ0) is 87.8. The van der Waals surface area contributed by atoms with Crippen molar-refractivity contribution in [3.05, 3.63) is 121 Å². The van der Waals surface area contributed by atoms with Crippen LogP contribution in [0.5, 0.6) is 0 Å². The van der Waals surface area contributed by atoms with Gasteiger partial charge < -0.3 is 48.4 Å². The molecule has 0 spiro atoms. The van der Waals surface area contributed by atoms with Gasteiger partial charge in [0, 0.05) is 98.3 Å². The summed E-state index contributed by atoms with van der Waals surface area (Å²) in [5, 5.41) is 40.7. The average Bonchev–Trinajstić information content (AvgIpc) is 0.752. The minimum atomic E-state index is -0.942. The highest BCUT2D eigenvalue weighted by atomic mass is 16.6. The van der Waals surface area contributed by atoms with Gasteiger partial charge in [0.1, 0.15) is 37.5 Å². The lowest BCUT2D eigenvalue weighted by Crippen LogP contribution is -2.59. The Balaban J connectivity index is 0.000000139. The molecule has 3 N–H and O–H groups in total. The van der Waals surface area contributed by atoms with Gasteiger partial charge in [-0.15, -0.1) is 0 Å². The summed E-state index contributed by atoms with van der Waals surface area (Å²) in [6.07, 6.45) is 40.3. The van der Waals surface area contributed by atoms with Gasteiger partial charge in [-0.2, -0.15) is 0 Å². The molecular weight excluding hydrogens is 1590 g/mol. The number of carboxylic acids is 3. The number of piperidine rings is 6. The summed E-state index contributed by atoms with van der Waals surface area (Å²) in [5.74, 6) is 5.22. The van der Waals surface area contributed by atoms with Crippen molar-refractivity contribution in [1.82, 2.24) is 48.3 Å².